The molecular formula is C48H86O6. The summed E-state index contributed by atoms with van der Waals surface area (Å²) in [6, 6.07) is 0. The average Bonchev–Trinajstić information content (AvgIpc) is 3.17. The summed E-state index contributed by atoms with van der Waals surface area (Å²) in [4.78, 5) is 37.7. The van der Waals surface area contributed by atoms with E-state index >= 15 is 0 Å². The maximum Gasteiger partial charge on any atom is 0.306 e. The van der Waals surface area contributed by atoms with Crippen molar-refractivity contribution in [3.05, 3.63) is 36.5 Å². The van der Waals surface area contributed by atoms with Gasteiger partial charge in [0.05, 0.1) is 0 Å². The van der Waals surface area contributed by atoms with Gasteiger partial charge in [-0.2, -0.15) is 0 Å². The summed E-state index contributed by atoms with van der Waals surface area (Å²) in [5.74, 6) is -0.904. The second kappa shape index (κ2) is 43.4. The fourth-order valence-corrected chi connectivity index (χ4v) is 6.36. The van der Waals surface area contributed by atoms with E-state index in [9.17, 15) is 14.4 Å². The first-order chi connectivity index (χ1) is 26.5. The number of hydrogen-bond acceptors (Lipinski definition) is 6. The fraction of sp³-hybridized carbons (Fsp3) is 0.812. The van der Waals surface area contributed by atoms with E-state index in [-0.39, 0.29) is 31.1 Å². The molecule has 0 spiro atoms. The van der Waals surface area contributed by atoms with Crippen molar-refractivity contribution in [2.75, 3.05) is 13.2 Å². The van der Waals surface area contributed by atoms with Gasteiger partial charge in [0.1, 0.15) is 13.2 Å². The van der Waals surface area contributed by atoms with Gasteiger partial charge in [0.15, 0.2) is 6.10 Å². The van der Waals surface area contributed by atoms with Crippen LogP contribution in [0.15, 0.2) is 36.5 Å². The van der Waals surface area contributed by atoms with Crippen molar-refractivity contribution in [1.29, 1.82) is 0 Å². The van der Waals surface area contributed by atoms with Gasteiger partial charge in [-0.3, -0.25) is 14.4 Å². The third kappa shape index (κ3) is 40.8. The van der Waals surface area contributed by atoms with Gasteiger partial charge in [-0.15, -0.1) is 0 Å². The molecule has 6 heteroatoms. The molecular weight excluding hydrogens is 673 g/mol. The van der Waals surface area contributed by atoms with E-state index in [4.69, 9.17) is 14.2 Å². The first-order valence-corrected chi connectivity index (χ1v) is 23.0. The quantitative estimate of drug-likeness (QED) is 0.0267. The van der Waals surface area contributed by atoms with Crippen molar-refractivity contribution in [2.45, 2.75) is 239 Å². The Hall–Kier alpha value is -2.37. The fourth-order valence-electron chi connectivity index (χ4n) is 6.36. The van der Waals surface area contributed by atoms with Crippen LogP contribution in [0, 0.1) is 0 Å². The summed E-state index contributed by atoms with van der Waals surface area (Å²) in [7, 11) is 0. The summed E-state index contributed by atoms with van der Waals surface area (Å²) in [6.45, 7) is 6.52. The number of allylic oxidation sites excluding steroid dienone is 6. The van der Waals surface area contributed by atoms with Crippen molar-refractivity contribution in [3.8, 4) is 0 Å². The van der Waals surface area contributed by atoms with Crippen molar-refractivity contribution in [2.24, 2.45) is 0 Å². The Kier molecular flexibility index (Phi) is 41.5. The van der Waals surface area contributed by atoms with E-state index in [1.54, 1.807) is 0 Å². The second-order valence-corrected chi connectivity index (χ2v) is 15.3. The van der Waals surface area contributed by atoms with Crippen LogP contribution in [0.3, 0.4) is 0 Å². The molecule has 6 nitrogen and oxygen atoms in total. The zero-order valence-corrected chi connectivity index (χ0v) is 35.7. The first kappa shape index (κ1) is 51.6. The zero-order chi connectivity index (χ0) is 39.4. The number of carbonyl (C=O) groups is 3. The Balaban J connectivity index is 4.35. The highest BCUT2D eigenvalue weighted by atomic mass is 16.6. The number of rotatable bonds is 41. The molecule has 0 saturated heterocycles. The molecule has 1 atom stereocenters. The summed E-state index contributed by atoms with van der Waals surface area (Å²) < 4.78 is 16.7. The lowest BCUT2D eigenvalue weighted by Gasteiger charge is -2.18. The predicted molar refractivity (Wildman–Crippen MR) is 229 cm³/mol. The zero-order valence-electron chi connectivity index (χ0n) is 35.7. The van der Waals surface area contributed by atoms with E-state index in [1.807, 2.05) is 0 Å². The molecule has 0 N–H and O–H groups in total. The molecule has 0 aromatic rings. The highest BCUT2D eigenvalue weighted by molar-refractivity contribution is 5.71. The van der Waals surface area contributed by atoms with Crippen LogP contribution in [-0.4, -0.2) is 37.2 Å². The highest BCUT2D eigenvalue weighted by Crippen LogP contribution is 2.14. The van der Waals surface area contributed by atoms with Crippen LogP contribution in [0.4, 0.5) is 0 Å². The summed E-state index contributed by atoms with van der Waals surface area (Å²) in [6.07, 6.45) is 48.4. The molecule has 314 valence electrons. The lowest BCUT2D eigenvalue weighted by Crippen LogP contribution is -2.30. The summed E-state index contributed by atoms with van der Waals surface area (Å²) in [5.41, 5.74) is 0. The number of hydrogen-bond donors (Lipinski definition) is 0. The van der Waals surface area contributed by atoms with Crippen LogP contribution >= 0.6 is 0 Å². The average molecular weight is 759 g/mol. The van der Waals surface area contributed by atoms with Gasteiger partial charge in [0.25, 0.3) is 0 Å². The van der Waals surface area contributed by atoms with E-state index in [0.29, 0.717) is 19.3 Å². The topological polar surface area (TPSA) is 78.9 Å². The monoisotopic (exact) mass is 759 g/mol. The smallest absolute Gasteiger partial charge is 0.306 e. The van der Waals surface area contributed by atoms with Crippen LogP contribution in [-0.2, 0) is 28.6 Å². The van der Waals surface area contributed by atoms with E-state index in [2.05, 4.69) is 57.2 Å². The van der Waals surface area contributed by atoms with E-state index in [0.717, 1.165) is 96.3 Å². The lowest BCUT2D eigenvalue weighted by molar-refractivity contribution is -0.167. The molecule has 0 aliphatic rings. The largest absolute Gasteiger partial charge is 0.462 e. The van der Waals surface area contributed by atoms with Gasteiger partial charge < -0.3 is 14.2 Å². The van der Waals surface area contributed by atoms with Crippen molar-refractivity contribution >= 4 is 17.9 Å². The Bertz CT molecular complexity index is 922. The number of unbranched alkanes of at least 4 members (excludes halogenated alkanes) is 24. The van der Waals surface area contributed by atoms with Crippen molar-refractivity contribution in [1.82, 2.24) is 0 Å². The first-order valence-electron chi connectivity index (χ1n) is 23.0. The molecule has 0 radical (unpaired) electrons. The van der Waals surface area contributed by atoms with Crippen molar-refractivity contribution in [3.63, 3.8) is 0 Å². The molecule has 0 aliphatic carbocycles. The Labute approximate surface area is 334 Å². The van der Waals surface area contributed by atoms with Crippen LogP contribution in [0.25, 0.3) is 0 Å². The van der Waals surface area contributed by atoms with Gasteiger partial charge >= 0.3 is 17.9 Å². The molecule has 1 unspecified atom stereocenters. The predicted octanol–water partition coefficient (Wildman–Crippen LogP) is 14.6. The standard InChI is InChI=1S/C48H86O6/c1-4-7-10-13-16-19-22-23-24-25-26-27-30-32-35-38-41-47(50)53-44-45(54-48(51)42-39-36-33-29-21-18-15-12-9-6-3)43-52-46(49)40-37-34-31-28-20-17-14-11-8-5-2/h12,15,19,22,24-25,45H,4-11,13-14,16-18,20-21,23,26-44H2,1-3H3/b15-12-,22-19-,25-24-. The van der Waals surface area contributed by atoms with Crippen LogP contribution in [0.2, 0.25) is 0 Å². The van der Waals surface area contributed by atoms with E-state index < -0.39 is 6.10 Å². The molecule has 0 aromatic carbocycles. The highest BCUT2D eigenvalue weighted by Gasteiger charge is 2.19. The van der Waals surface area contributed by atoms with Gasteiger partial charge in [-0.25, -0.2) is 0 Å². The van der Waals surface area contributed by atoms with Gasteiger partial charge in [0, 0.05) is 19.3 Å². The Morgan fingerprint density at radius 2 is 0.704 bits per heavy atom. The Morgan fingerprint density at radius 3 is 1.13 bits per heavy atom. The second-order valence-electron chi connectivity index (χ2n) is 15.3. The minimum absolute atomic E-state index is 0.0784. The van der Waals surface area contributed by atoms with Crippen LogP contribution in [0.1, 0.15) is 233 Å². The molecule has 0 aliphatic heterocycles. The summed E-state index contributed by atoms with van der Waals surface area (Å²) >= 11 is 0. The van der Waals surface area contributed by atoms with Gasteiger partial charge in [0.2, 0.25) is 0 Å². The molecule has 0 aromatic heterocycles. The van der Waals surface area contributed by atoms with Crippen LogP contribution < -0.4 is 0 Å². The van der Waals surface area contributed by atoms with E-state index in [1.165, 1.54) is 96.3 Å². The minimum atomic E-state index is -0.776. The molecule has 0 amide bonds. The minimum Gasteiger partial charge on any atom is -0.462 e. The maximum atomic E-state index is 12.7. The SMILES string of the molecule is CCC/C=C\CCCCCCCC(=O)OC(COC(=O)CCCCCCC/C=C\C/C=C\CCCCCC)COC(=O)CCCCCCCCCCCC. The van der Waals surface area contributed by atoms with Crippen LogP contribution in [0.5, 0.6) is 0 Å². The number of carbonyl (C=O) groups excluding carboxylic acids is 3. The van der Waals surface area contributed by atoms with Gasteiger partial charge in [-0.1, -0.05) is 179 Å². The molecule has 0 heterocycles. The van der Waals surface area contributed by atoms with Gasteiger partial charge in [-0.05, 0) is 70.6 Å². The lowest BCUT2D eigenvalue weighted by atomic mass is 10.1. The normalized spacial score (nSPS) is 12.3. The molecule has 0 bridgehead atoms. The van der Waals surface area contributed by atoms with Crippen molar-refractivity contribution < 1.29 is 28.6 Å². The number of esters is 3. The summed E-state index contributed by atoms with van der Waals surface area (Å²) in [5, 5.41) is 0. The molecule has 0 saturated carbocycles. The third-order valence-corrected chi connectivity index (χ3v) is 9.85. The third-order valence-electron chi connectivity index (χ3n) is 9.85. The molecule has 0 fully saturated rings. The molecule has 54 heavy (non-hydrogen) atoms. The number of ether oxygens (including phenoxy) is 3. The Morgan fingerprint density at radius 1 is 0.370 bits per heavy atom. The molecule has 0 rings (SSSR count). The maximum absolute atomic E-state index is 12.7.